The first-order chi connectivity index (χ1) is 13.4. The van der Waals surface area contributed by atoms with Crippen LogP contribution >= 0.6 is 0 Å². The molecule has 0 unspecified atom stereocenters. The number of ether oxygens (including phenoxy) is 1. The van der Waals surface area contributed by atoms with E-state index in [1.54, 1.807) is 0 Å². The molecule has 0 atom stereocenters. The first kappa shape index (κ1) is 18.1. The van der Waals surface area contributed by atoms with Gasteiger partial charge in [-0.2, -0.15) is 0 Å². The van der Waals surface area contributed by atoms with E-state index in [9.17, 15) is 0 Å². The molecule has 142 valence electrons. The minimum absolute atomic E-state index is 0.617. The third-order valence-corrected chi connectivity index (χ3v) is 5.74. The highest BCUT2D eigenvalue weighted by atomic mass is 16.5. The van der Waals surface area contributed by atoms with Gasteiger partial charge in [-0.3, -0.25) is 0 Å². The second kappa shape index (κ2) is 9.09. The molecule has 2 N–H and O–H groups in total. The number of fused-ring (bicyclic) bond motifs is 1. The van der Waals surface area contributed by atoms with E-state index in [4.69, 9.17) is 4.74 Å². The van der Waals surface area contributed by atoms with Gasteiger partial charge in [0.05, 0.1) is 0 Å². The van der Waals surface area contributed by atoms with Gasteiger partial charge < -0.3 is 15.4 Å². The SMILES string of the molecule is C1=C(CCCC2CCNCC2)Cc2cc(OCc3ccccc3)ccc2N1. The Morgan fingerprint density at radius 3 is 2.70 bits per heavy atom. The lowest BCUT2D eigenvalue weighted by Crippen LogP contribution is -2.27. The maximum atomic E-state index is 6.00. The molecule has 1 saturated heterocycles. The van der Waals surface area contributed by atoms with E-state index in [2.05, 4.69) is 59.3 Å². The largest absolute Gasteiger partial charge is 0.489 e. The fourth-order valence-corrected chi connectivity index (χ4v) is 4.11. The summed E-state index contributed by atoms with van der Waals surface area (Å²) in [5.41, 5.74) is 5.27. The fourth-order valence-electron chi connectivity index (χ4n) is 4.11. The molecular weight excluding hydrogens is 332 g/mol. The highest BCUT2D eigenvalue weighted by Gasteiger charge is 2.15. The second-order valence-corrected chi connectivity index (χ2v) is 7.80. The van der Waals surface area contributed by atoms with Crippen LogP contribution in [0.4, 0.5) is 5.69 Å². The molecule has 27 heavy (non-hydrogen) atoms. The number of hydrogen-bond donors (Lipinski definition) is 2. The number of rotatable bonds is 7. The predicted octanol–water partition coefficient (Wildman–Crippen LogP) is 5.29. The summed E-state index contributed by atoms with van der Waals surface area (Å²) in [6.07, 6.45) is 9.83. The predicted molar refractivity (Wildman–Crippen MR) is 112 cm³/mol. The van der Waals surface area contributed by atoms with Crippen molar-refractivity contribution in [3.8, 4) is 5.75 Å². The molecule has 3 nitrogen and oxygen atoms in total. The second-order valence-electron chi connectivity index (χ2n) is 7.80. The zero-order valence-corrected chi connectivity index (χ0v) is 16.0. The molecule has 2 aliphatic rings. The van der Waals surface area contributed by atoms with Gasteiger partial charge in [0.25, 0.3) is 0 Å². The molecule has 2 aliphatic heterocycles. The molecule has 0 aliphatic carbocycles. The van der Waals surface area contributed by atoms with E-state index in [-0.39, 0.29) is 0 Å². The summed E-state index contributed by atoms with van der Waals surface area (Å²) in [4.78, 5) is 0. The van der Waals surface area contributed by atoms with Crippen molar-refractivity contribution < 1.29 is 4.74 Å². The van der Waals surface area contributed by atoms with E-state index in [1.807, 2.05) is 6.07 Å². The third-order valence-electron chi connectivity index (χ3n) is 5.74. The number of allylic oxidation sites excluding steroid dienone is 1. The Morgan fingerprint density at radius 1 is 1.00 bits per heavy atom. The maximum absolute atomic E-state index is 6.00. The van der Waals surface area contributed by atoms with Crippen molar-refractivity contribution in [1.29, 1.82) is 0 Å². The number of benzene rings is 2. The summed E-state index contributed by atoms with van der Waals surface area (Å²) < 4.78 is 6.00. The molecule has 0 amide bonds. The summed E-state index contributed by atoms with van der Waals surface area (Å²) in [5, 5.41) is 6.93. The Balaban J connectivity index is 1.28. The Bertz CT molecular complexity index is 763. The minimum Gasteiger partial charge on any atom is -0.489 e. The van der Waals surface area contributed by atoms with Crippen molar-refractivity contribution in [2.75, 3.05) is 18.4 Å². The number of nitrogens with one attached hydrogen (secondary N) is 2. The molecule has 0 aromatic heterocycles. The maximum Gasteiger partial charge on any atom is 0.120 e. The van der Waals surface area contributed by atoms with Crippen LogP contribution in [-0.4, -0.2) is 13.1 Å². The summed E-state index contributed by atoms with van der Waals surface area (Å²) in [7, 11) is 0. The van der Waals surface area contributed by atoms with Gasteiger partial charge in [-0.25, -0.2) is 0 Å². The van der Waals surface area contributed by atoms with Crippen LogP contribution in [-0.2, 0) is 13.0 Å². The molecular formula is C24H30N2O. The standard InChI is InChI=1S/C24H30N2O/c1-2-5-20(6-3-1)18-27-23-9-10-24-22(16-23)15-21(17-26-24)8-4-7-19-11-13-25-14-12-19/h1-3,5-6,9-10,16-17,19,25-26H,4,7-8,11-15,18H2. The Labute approximate surface area is 162 Å². The van der Waals surface area contributed by atoms with Gasteiger partial charge in [0, 0.05) is 11.9 Å². The molecule has 0 bridgehead atoms. The lowest BCUT2D eigenvalue weighted by molar-refractivity contribution is 0.306. The van der Waals surface area contributed by atoms with E-state index < -0.39 is 0 Å². The van der Waals surface area contributed by atoms with Crippen LogP contribution in [0.2, 0.25) is 0 Å². The summed E-state index contributed by atoms with van der Waals surface area (Å²) in [6.45, 7) is 3.02. The average Bonchev–Trinajstić information content (AvgIpc) is 2.73. The monoisotopic (exact) mass is 362 g/mol. The van der Waals surface area contributed by atoms with Gasteiger partial charge in [0.15, 0.2) is 0 Å². The smallest absolute Gasteiger partial charge is 0.120 e. The fraction of sp³-hybridized carbons (Fsp3) is 0.417. The van der Waals surface area contributed by atoms with Gasteiger partial charge in [0.2, 0.25) is 0 Å². The van der Waals surface area contributed by atoms with Crippen molar-refractivity contribution in [2.24, 2.45) is 5.92 Å². The molecule has 3 heteroatoms. The van der Waals surface area contributed by atoms with Crippen molar-refractivity contribution in [1.82, 2.24) is 5.32 Å². The topological polar surface area (TPSA) is 33.3 Å². The van der Waals surface area contributed by atoms with Crippen molar-refractivity contribution in [3.63, 3.8) is 0 Å². The highest BCUT2D eigenvalue weighted by molar-refractivity contribution is 5.59. The van der Waals surface area contributed by atoms with E-state index >= 15 is 0 Å². The highest BCUT2D eigenvalue weighted by Crippen LogP contribution is 2.30. The zero-order chi connectivity index (χ0) is 18.3. The van der Waals surface area contributed by atoms with Crippen molar-refractivity contribution >= 4 is 5.69 Å². The van der Waals surface area contributed by atoms with E-state index in [0.29, 0.717) is 6.61 Å². The molecule has 2 aromatic rings. The first-order valence-electron chi connectivity index (χ1n) is 10.3. The molecule has 0 radical (unpaired) electrons. The van der Waals surface area contributed by atoms with Crippen LogP contribution in [0.1, 0.15) is 43.2 Å². The van der Waals surface area contributed by atoms with E-state index in [1.165, 1.54) is 67.6 Å². The molecule has 0 saturated carbocycles. The van der Waals surface area contributed by atoms with Crippen molar-refractivity contribution in [2.45, 2.75) is 45.1 Å². The van der Waals surface area contributed by atoms with Crippen LogP contribution in [0.3, 0.4) is 0 Å². The summed E-state index contributed by atoms with van der Waals surface area (Å²) >= 11 is 0. The first-order valence-corrected chi connectivity index (χ1v) is 10.3. The number of anilines is 1. The van der Waals surface area contributed by atoms with Gasteiger partial charge in [-0.05, 0) is 86.0 Å². The quantitative estimate of drug-likeness (QED) is 0.702. The van der Waals surface area contributed by atoms with Gasteiger partial charge in [-0.15, -0.1) is 0 Å². The Kier molecular flexibility index (Phi) is 6.10. The minimum atomic E-state index is 0.617. The van der Waals surface area contributed by atoms with Gasteiger partial charge in [0.1, 0.15) is 12.4 Å². The third kappa shape index (κ3) is 5.14. The van der Waals surface area contributed by atoms with Crippen LogP contribution in [0.15, 0.2) is 60.3 Å². The number of hydrogen-bond acceptors (Lipinski definition) is 3. The van der Waals surface area contributed by atoms with Gasteiger partial charge >= 0.3 is 0 Å². The molecule has 0 spiro atoms. The van der Waals surface area contributed by atoms with Crippen LogP contribution in [0.25, 0.3) is 0 Å². The molecule has 4 rings (SSSR count). The van der Waals surface area contributed by atoms with Crippen LogP contribution in [0.5, 0.6) is 5.75 Å². The Hall–Kier alpha value is -2.26. The lowest BCUT2D eigenvalue weighted by Gasteiger charge is -2.23. The zero-order valence-electron chi connectivity index (χ0n) is 16.0. The van der Waals surface area contributed by atoms with Crippen LogP contribution in [0, 0.1) is 5.92 Å². The molecule has 2 heterocycles. The summed E-state index contributed by atoms with van der Waals surface area (Å²) in [5.74, 6) is 1.88. The van der Waals surface area contributed by atoms with Crippen molar-refractivity contribution in [3.05, 3.63) is 71.4 Å². The average molecular weight is 363 g/mol. The molecule has 2 aromatic carbocycles. The normalized spacial score (nSPS) is 17.0. The van der Waals surface area contributed by atoms with E-state index in [0.717, 1.165) is 18.1 Å². The summed E-state index contributed by atoms with van der Waals surface area (Å²) in [6, 6.07) is 16.7. The Morgan fingerprint density at radius 2 is 1.85 bits per heavy atom. The lowest BCUT2D eigenvalue weighted by atomic mass is 9.90. The van der Waals surface area contributed by atoms with Crippen LogP contribution < -0.4 is 15.4 Å². The number of piperidine rings is 1. The molecule has 1 fully saturated rings. The van der Waals surface area contributed by atoms with Gasteiger partial charge in [-0.1, -0.05) is 36.8 Å².